The largest absolute Gasteiger partial charge is 0.465 e. The molecule has 0 radical (unpaired) electrons. The van der Waals surface area contributed by atoms with Crippen molar-refractivity contribution in [2.45, 2.75) is 0 Å². The number of rotatable bonds is 3. The van der Waals surface area contributed by atoms with Crippen LogP contribution in [0.25, 0.3) is 12.2 Å². The molecule has 0 aliphatic rings. The first-order valence-corrected chi connectivity index (χ1v) is 5.63. The number of nitrogens with one attached hydrogen (secondary N) is 1. The zero-order valence-electron chi connectivity index (χ0n) is 10.1. The van der Waals surface area contributed by atoms with Gasteiger partial charge in [0.25, 0.3) is 0 Å². The van der Waals surface area contributed by atoms with Crippen molar-refractivity contribution < 1.29 is 9.90 Å². The van der Waals surface area contributed by atoms with Gasteiger partial charge in [-0.05, 0) is 35.9 Å². The van der Waals surface area contributed by atoms with Crippen molar-refractivity contribution >= 4 is 29.6 Å². The minimum atomic E-state index is -1.10. The first-order valence-electron chi connectivity index (χ1n) is 5.63. The summed E-state index contributed by atoms with van der Waals surface area (Å²) in [6, 6.07) is 10.7. The number of pyridine rings is 1. The van der Waals surface area contributed by atoms with Crippen LogP contribution >= 0.6 is 0 Å². The van der Waals surface area contributed by atoms with Crippen molar-refractivity contribution in [1.82, 2.24) is 4.98 Å². The van der Waals surface area contributed by atoms with Gasteiger partial charge >= 0.3 is 6.09 Å². The van der Waals surface area contributed by atoms with E-state index in [1.807, 2.05) is 30.3 Å². The van der Waals surface area contributed by atoms with Crippen molar-refractivity contribution in [3.05, 3.63) is 53.9 Å². The summed E-state index contributed by atoms with van der Waals surface area (Å²) in [6.07, 6.45) is 4.10. The van der Waals surface area contributed by atoms with Gasteiger partial charge in [0.05, 0.1) is 5.69 Å². The summed E-state index contributed by atoms with van der Waals surface area (Å²) < 4.78 is 0. The second kappa shape index (κ2) is 5.68. The Balaban J connectivity index is 2.16. The first kappa shape index (κ1) is 12.6. The standard InChI is InChI=1S/C14H13N3O2/c15-11-3-1-2-10(8-11)4-5-12-9-13(6-7-16-12)17-14(18)19/h1-9H,15H2,(H,16,17)(H,18,19)/b5-4-. The smallest absolute Gasteiger partial charge is 0.409 e. The van der Waals surface area contributed by atoms with Gasteiger partial charge in [0.1, 0.15) is 0 Å². The predicted molar refractivity (Wildman–Crippen MR) is 75.7 cm³/mol. The van der Waals surface area contributed by atoms with Crippen molar-refractivity contribution in [2.75, 3.05) is 11.1 Å². The average molecular weight is 255 g/mol. The lowest BCUT2D eigenvalue weighted by atomic mass is 10.1. The van der Waals surface area contributed by atoms with Crippen LogP contribution in [0.15, 0.2) is 42.6 Å². The number of carbonyl (C=O) groups is 1. The van der Waals surface area contributed by atoms with E-state index in [0.29, 0.717) is 17.1 Å². The first-order chi connectivity index (χ1) is 9.13. The Morgan fingerprint density at radius 3 is 2.84 bits per heavy atom. The minimum Gasteiger partial charge on any atom is -0.465 e. The number of hydrogen-bond acceptors (Lipinski definition) is 3. The summed E-state index contributed by atoms with van der Waals surface area (Å²) >= 11 is 0. The van der Waals surface area contributed by atoms with E-state index in [1.165, 1.54) is 0 Å². The zero-order chi connectivity index (χ0) is 13.7. The molecule has 1 heterocycles. The molecule has 0 spiro atoms. The molecule has 0 bridgehead atoms. The molecule has 0 unspecified atom stereocenters. The SMILES string of the molecule is Nc1cccc(/C=C\c2cc(NC(=O)O)ccn2)c1. The normalized spacial score (nSPS) is 10.5. The molecule has 1 amide bonds. The molecule has 5 heteroatoms. The minimum absolute atomic E-state index is 0.481. The van der Waals surface area contributed by atoms with Gasteiger partial charge in [0.15, 0.2) is 0 Å². The van der Waals surface area contributed by atoms with E-state index in [0.717, 1.165) is 5.56 Å². The number of nitrogens with two attached hydrogens (primary N) is 1. The highest BCUT2D eigenvalue weighted by molar-refractivity contribution is 5.83. The predicted octanol–water partition coefficient (Wildman–Crippen LogP) is 2.92. The maximum Gasteiger partial charge on any atom is 0.409 e. The lowest BCUT2D eigenvalue weighted by Crippen LogP contribution is -2.07. The maximum atomic E-state index is 10.5. The molecule has 0 aliphatic heterocycles. The number of nitrogen functional groups attached to an aromatic ring is 1. The lowest BCUT2D eigenvalue weighted by Gasteiger charge is -2.01. The summed E-state index contributed by atoms with van der Waals surface area (Å²) in [4.78, 5) is 14.7. The summed E-state index contributed by atoms with van der Waals surface area (Å²) in [5.74, 6) is 0. The third kappa shape index (κ3) is 3.85. The van der Waals surface area contributed by atoms with E-state index in [1.54, 1.807) is 24.4 Å². The maximum absolute atomic E-state index is 10.5. The molecule has 2 rings (SSSR count). The highest BCUT2D eigenvalue weighted by Crippen LogP contribution is 2.13. The van der Waals surface area contributed by atoms with Gasteiger partial charge in [0, 0.05) is 17.6 Å². The fourth-order valence-corrected chi connectivity index (χ4v) is 1.58. The molecule has 96 valence electrons. The molecule has 0 atom stereocenters. The Hall–Kier alpha value is -2.82. The number of amides is 1. The highest BCUT2D eigenvalue weighted by Gasteiger charge is 1.98. The summed E-state index contributed by atoms with van der Waals surface area (Å²) in [5.41, 5.74) is 8.47. The van der Waals surface area contributed by atoms with Crippen molar-refractivity contribution in [1.29, 1.82) is 0 Å². The van der Waals surface area contributed by atoms with Crippen molar-refractivity contribution in [3.63, 3.8) is 0 Å². The number of carboxylic acid groups (broad SMARTS) is 1. The van der Waals surface area contributed by atoms with Crippen LogP contribution in [0, 0.1) is 0 Å². The van der Waals surface area contributed by atoms with Crippen LogP contribution in [0.4, 0.5) is 16.2 Å². The van der Waals surface area contributed by atoms with Gasteiger partial charge in [-0.25, -0.2) is 4.79 Å². The summed E-state index contributed by atoms with van der Waals surface area (Å²) in [5, 5.41) is 10.9. The second-order valence-electron chi connectivity index (χ2n) is 3.90. The molecular formula is C14H13N3O2. The highest BCUT2D eigenvalue weighted by atomic mass is 16.4. The Morgan fingerprint density at radius 2 is 2.11 bits per heavy atom. The fraction of sp³-hybridized carbons (Fsp3) is 0. The summed E-state index contributed by atoms with van der Waals surface area (Å²) in [7, 11) is 0. The van der Waals surface area contributed by atoms with E-state index in [9.17, 15) is 4.79 Å². The van der Waals surface area contributed by atoms with Gasteiger partial charge in [-0.1, -0.05) is 18.2 Å². The van der Waals surface area contributed by atoms with Crippen LogP contribution in [-0.2, 0) is 0 Å². The van der Waals surface area contributed by atoms with Gasteiger partial charge in [-0.3, -0.25) is 10.3 Å². The van der Waals surface area contributed by atoms with Crippen LogP contribution in [0.2, 0.25) is 0 Å². The van der Waals surface area contributed by atoms with E-state index >= 15 is 0 Å². The molecular weight excluding hydrogens is 242 g/mol. The molecule has 1 aromatic carbocycles. The fourth-order valence-electron chi connectivity index (χ4n) is 1.58. The summed E-state index contributed by atoms with van der Waals surface area (Å²) in [6.45, 7) is 0. The van der Waals surface area contributed by atoms with Gasteiger partial charge in [-0.15, -0.1) is 0 Å². The Bertz CT molecular complexity index is 624. The molecule has 2 aromatic rings. The molecule has 19 heavy (non-hydrogen) atoms. The van der Waals surface area contributed by atoms with E-state index < -0.39 is 6.09 Å². The number of benzene rings is 1. The Morgan fingerprint density at radius 1 is 1.26 bits per heavy atom. The third-order valence-corrected chi connectivity index (χ3v) is 2.39. The number of hydrogen-bond donors (Lipinski definition) is 3. The van der Waals surface area contributed by atoms with Crippen molar-refractivity contribution in [3.8, 4) is 0 Å². The van der Waals surface area contributed by atoms with E-state index in [4.69, 9.17) is 10.8 Å². The second-order valence-corrected chi connectivity index (χ2v) is 3.90. The monoisotopic (exact) mass is 255 g/mol. The molecule has 0 saturated carbocycles. The van der Waals surface area contributed by atoms with Crippen molar-refractivity contribution in [2.24, 2.45) is 0 Å². The Labute approximate surface area is 110 Å². The van der Waals surface area contributed by atoms with Crippen LogP contribution < -0.4 is 11.1 Å². The topological polar surface area (TPSA) is 88.2 Å². The number of nitrogens with zero attached hydrogens (tertiary/aromatic N) is 1. The zero-order valence-corrected chi connectivity index (χ0v) is 10.1. The molecule has 4 N–H and O–H groups in total. The van der Waals surface area contributed by atoms with Crippen LogP contribution in [0.1, 0.15) is 11.3 Å². The quantitative estimate of drug-likeness (QED) is 0.736. The van der Waals surface area contributed by atoms with Crippen LogP contribution in [0.5, 0.6) is 0 Å². The van der Waals surface area contributed by atoms with Crippen LogP contribution in [-0.4, -0.2) is 16.2 Å². The molecule has 0 aliphatic carbocycles. The molecule has 0 saturated heterocycles. The lowest BCUT2D eigenvalue weighted by molar-refractivity contribution is 0.210. The van der Waals surface area contributed by atoms with Crippen LogP contribution in [0.3, 0.4) is 0 Å². The number of anilines is 2. The molecule has 5 nitrogen and oxygen atoms in total. The van der Waals surface area contributed by atoms with Gasteiger partial charge < -0.3 is 10.8 Å². The van der Waals surface area contributed by atoms with Gasteiger partial charge in [0.2, 0.25) is 0 Å². The molecule has 1 aromatic heterocycles. The number of aromatic nitrogens is 1. The van der Waals surface area contributed by atoms with Gasteiger partial charge in [-0.2, -0.15) is 0 Å². The Kier molecular flexibility index (Phi) is 3.78. The molecule has 0 fully saturated rings. The third-order valence-electron chi connectivity index (χ3n) is 2.39. The van der Waals surface area contributed by atoms with E-state index in [-0.39, 0.29) is 0 Å². The average Bonchev–Trinajstić information content (AvgIpc) is 2.36. The van der Waals surface area contributed by atoms with E-state index in [2.05, 4.69) is 10.3 Å².